The van der Waals surface area contributed by atoms with Gasteiger partial charge in [-0.3, -0.25) is 0 Å². The van der Waals surface area contributed by atoms with E-state index in [1.807, 2.05) is 12.1 Å². The second kappa shape index (κ2) is 5.17. The quantitative estimate of drug-likeness (QED) is 0.788. The van der Waals surface area contributed by atoms with E-state index in [-0.39, 0.29) is 5.56 Å². The number of benzene rings is 2. The van der Waals surface area contributed by atoms with Crippen molar-refractivity contribution in [1.29, 1.82) is 0 Å². The third-order valence-corrected chi connectivity index (χ3v) is 3.74. The Balaban J connectivity index is 2.25. The van der Waals surface area contributed by atoms with Gasteiger partial charge in [0.25, 0.3) is 0 Å². The molecule has 0 atom stereocenters. The van der Waals surface area contributed by atoms with Crippen LogP contribution in [0.5, 0.6) is 5.75 Å². The third-order valence-electron chi connectivity index (χ3n) is 3.07. The molecule has 0 aliphatic carbocycles. The van der Waals surface area contributed by atoms with Crippen LogP contribution >= 0.6 is 15.9 Å². The van der Waals surface area contributed by atoms with E-state index >= 15 is 0 Å². The second-order valence-electron chi connectivity index (χ2n) is 4.33. The molecule has 1 heterocycles. The Kier molecular flexibility index (Phi) is 3.34. The van der Waals surface area contributed by atoms with E-state index in [1.54, 1.807) is 30.0 Å². The van der Waals surface area contributed by atoms with Gasteiger partial charge in [-0.25, -0.2) is 9.48 Å². The van der Waals surface area contributed by atoms with Gasteiger partial charge in [0.05, 0.1) is 23.9 Å². The highest BCUT2D eigenvalue weighted by molar-refractivity contribution is 9.10. The Morgan fingerprint density at radius 2 is 2.10 bits per heavy atom. The fourth-order valence-corrected chi connectivity index (χ4v) is 2.43. The van der Waals surface area contributed by atoms with Gasteiger partial charge in [0.2, 0.25) is 0 Å². The molecular formula is C14H10BrN3O3. The minimum atomic E-state index is -0.991. The number of nitrogens with zero attached hydrogens (tertiary/aromatic N) is 3. The highest BCUT2D eigenvalue weighted by Crippen LogP contribution is 2.28. The van der Waals surface area contributed by atoms with Gasteiger partial charge in [-0.05, 0) is 46.3 Å². The normalized spacial score (nSPS) is 10.8. The fraction of sp³-hybridized carbons (Fsp3) is 0.0714. The predicted molar refractivity (Wildman–Crippen MR) is 80.1 cm³/mol. The molecule has 0 amide bonds. The minimum Gasteiger partial charge on any atom is -0.497 e. The summed E-state index contributed by atoms with van der Waals surface area (Å²) in [5.74, 6) is -0.319. The molecule has 1 aromatic heterocycles. The molecule has 0 bridgehead atoms. The number of halogens is 1. The van der Waals surface area contributed by atoms with E-state index in [2.05, 4.69) is 26.2 Å². The smallest absolute Gasteiger partial charge is 0.335 e. The van der Waals surface area contributed by atoms with Crippen LogP contribution < -0.4 is 4.74 Å². The standard InChI is InChI=1S/C14H10BrN3O3/c1-21-9-3-4-10(15)12(7-9)18-13-6-8(14(19)20)2-5-11(13)16-17-18/h2-7H,1H3,(H,19,20). The monoisotopic (exact) mass is 347 g/mol. The fourth-order valence-electron chi connectivity index (χ4n) is 2.01. The molecule has 0 aliphatic heterocycles. The Labute approximate surface area is 128 Å². The van der Waals surface area contributed by atoms with Crippen LogP contribution in [0.1, 0.15) is 10.4 Å². The first kappa shape index (κ1) is 13.6. The van der Waals surface area contributed by atoms with Crippen molar-refractivity contribution in [2.75, 3.05) is 7.11 Å². The van der Waals surface area contributed by atoms with Crippen molar-refractivity contribution >= 4 is 32.9 Å². The number of ether oxygens (including phenoxy) is 1. The molecule has 0 spiro atoms. The predicted octanol–water partition coefficient (Wildman–Crippen LogP) is 2.89. The maximum atomic E-state index is 11.1. The van der Waals surface area contributed by atoms with E-state index in [0.29, 0.717) is 16.8 Å². The summed E-state index contributed by atoms with van der Waals surface area (Å²) in [6, 6.07) is 10.1. The van der Waals surface area contributed by atoms with E-state index in [0.717, 1.165) is 10.2 Å². The minimum absolute atomic E-state index is 0.185. The first-order valence-corrected chi connectivity index (χ1v) is 6.82. The Morgan fingerprint density at radius 3 is 2.81 bits per heavy atom. The lowest BCUT2D eigenvalue weighted by Gasteiger charge is -2.08. The van der Waals surface area contributed by atoms with Crippen LogP contribution in [0.3, 0.4) is 0 Å². The van der Waals surface area contributed by atoms with Crippen molar-refractivity contribution in [3.8, 4) is 11.4 Å². The molecule has 0 saturated carbocycles. The van der Waals surface area contributed by atoms with Crippen LogP contribution in [-0.2, 0) is 0 Å². The third kappa shape index (κ3) is 2.36. The molecule has 106 valence electrons. The van der Waals surface area contributed by atoms with Gasteiger partial charge in [-0.15, -0.1) is 5.10 Å². The molecule has 0 radical (unpaired) electrons. The lowest BCUT2D eigenvalue weighted by Crippen LogP contribution is -2.00. The number of aromatic carboxylic acids is 1. The lowest BCUT2D eigenvalue weighted by molar-refractivity contribution is 0.0697. The average molecular weight is 348 g/mol. The zero-order valence-corrected chi connectivity index (χ0v) is 12.5. The van der Waals surface area contributed by atoms with Gasteiger partial charge in [0, 0.05) is 10.5 Å². The summed E-state index contributed by atoms with van der Waals surface area (Å²) in [5, 5.41) is 17.2. The number of carboxylic acid groups (broad SMARTS) is 1. The van der Waals surface area contributed by atoms with Crippen LogP contribution in [0.15, 0.2) is 40.9 Å². The van der Waals surface area contributed by atoms with Gasteiger partial charge in [0.15, 0.2) is 0 Å². The summed E-state index contributed by atoms with van der Waals surface area (Å²) in [6.45, 7) is 0. The lowest BCUT2D eigenvalue weighted by atomic mass is 10.2. The second-order valence-corrected chi connectivity index (χ2v) is 5.18. The molecular weight excluding hydrogens is 338 g/mol. The molecule has 2 aromatic carbocycles. The summed E-state index contributed by atoms with van der Waals surface area (Å²) in [5.41, 5.74) is 2.14. The number of fused-ring (bicyclic) bond motifs is 1. The molecule has 1 N–H and O–H groups in total. The van der Waals surface area contributed by atoms with Crippen LogP contribution in [0.4, 0.5) is 0 Å². The van der Waals surface area contributed by atoms with Crippen molar-refractivity contribution in [2.45, 2.75) is 0 Å². The van der Waals surface area contributed by atoms with Gasteiger partial charge in [0.1, 0.15) is 11.3 Å². The van der Waals surface area contributed by atoms with E-state index in [4.69, 9.17) is 9.84 Å². The van der Waals surface area contributed by atoms with E-state index in [1.165, 1.54) is 6.07 Å². The zero-order valence-electron chi connectivity index (χ0n) is 10.9. The number of carbonyl (C=O) groups is 1. The Morgan fingerprint density at radius 1 is 1.29 bits per heavy atom. The molecule has 3 rings (SSSR count). The van der Waals surface area contributed by atoms with E-state index in [9.17, 15) is 4.79 Å². The number of hydrogen-bond donors (Lipinski definition) is 1. The number of aromatic nitrogens is 3. The van der Waals surface area contributed by atoms with Gasteiger partial charge in [-0.2, -0.15) is 0 Å². The van der Waals surface area contributed by atoms with Crippen molar-refractivity contribution in [3.63, 3.8) is 0 Å². The molecule has 6 nitrogen and oxygen atoms in total. The van der Waals surface area contributed by atoms with Crippen molar-refractivity contribution in [2.24, 2.45) is 0 Å². The van der Waals surface area contributed by atoms with Crippen LogP contribution in [-0.4, -0.2) is 33.2 Å². The highest BCUT2D eigenvalue weighted by atomic mass is 79.9. The molecule has 21 heavy (non-hydrogen) atoms. The molecule has 0 unspecified atom stereocenters. The summed E-state index contributed by atoms with van der Waals surface area (Å²) in [7, 11) is 1.58. The molecule has 7 heteroatoms. The largest absolute Gasteiger partial charge is 0.497 e. The first-order valence-electron chi connectivity index (χ1n) is 6.03. The van der Waals surface area contributed by atoms with Gasteiger partial charge in [-0.1, -0.05) is 5.21 Å². The number of methoxy groups -OCH3 is 1. The number of carboxylic acids is 1. The van der Waals surface area contributed by atoms with E-state index < -0.39 is 5.97 Å². The van der Waals surface area contributed by atoms with Crippen LogP contribution in [0.2, 0.25) is 0 Å². The number of hydrogen-bond acceptors (Lipinski definition) is 4. The molecule has 0 aliphatic rings. The maximum Gasteiger partial charge on any atom is 0.335 e. The summed E-state index contributed by atoms with van der Waals surface area (Å²) >= 11 is 3.45. The molecule has 0 saturated heterocycles. The van der Waals surface area contributed by atoms with Gasteiger partial charge < -0.3 is 9.84 Å². The summed E-state index contributed by atoms with van der Waals surface area (Å²) < 4.78 is 7.58. The van der Waals surface area contributed by atoms with Crippen molar-refractivity contribution in [1.82, 2.24) is 15.0 Å². The molecule has 0 fully saturated rings. The molecule has 3 aromatic rings. The van der Waals surface area contributed by atoms with Crippen molar-refractivity contribution < 1.29 is 14.6 Å². The first-order chi connectivity index (χ1) is 10.1. The van der Waals surface area contributed by atoms with Gasteiger partial charge >= 0.3 is 5.97 Å². The SMILES string of the molecule is COc1ccc(Br)c(-n2nnc3ccc(C(=O)O)cc32)c1. The van der Waals surface area contributed by atoms with Crippen LogP contribution in [0.25, 0.3) is 16.7 Å². The van der Waals surface area contributed by atoms with Crippen molar-refractivity contribution in [3.05, 3.63) is 46.4 Å². The topological polar surface area (TPSA) is 77.2 Å². The Bertz CT molecular complexity index is 845. The Hall–Kier alpha value is -2.41. The maximum absolute atomic E-state index is 11.1. The summed E-state index contributed by atoms with van der Waals surface area (Å²) in [6.07, 6.45) is 0. The summed E-state index contributed by atoms with van der Waals surface area (Å²) in [4.78, 5) is 11.1. The van der Waals surface area contributed by atoms with Crippen LogP contribution in [0, 0.1) is 0 Å². The highest BCUT2D eigenvalue weighted by Gasteiger charge is 2.13. The number of rotatable bonds is 3. The average Bonchev–Trinajstić information content (AvgIpc) is 2.90. The zero-order chi connectivity index (χ0) is 15.0.